The molecule has 8 heteroatoms. The molecule has 0 fully saturated rings. The van der Waals surface area contributed by atoms with Crippen molar-refractivity contribution in [3.8, 4) is 5.75 Å². The lowest BCUT2D eigenvalue weighted by atomic mass is 9.92. The Kier molecular flexibility index (Phi) is 8.84. The second-order valence-corrected chi connectivity index (χ2v) is 9.40. The van der Waals surface area contributed by atoms with Crippen LogP contribution in [0.1, 0.15) is 29.8 Å². The first-order valence-electron chi connectivity index (χ1n) is 11.2. The van der Waals surface area contributed by atoms with Crippen molar-refractivity contribution in [3.05, 3.63) is 94.8 Å². The monoisotopic (exact) mass is 497 g/mol. The van der Waals surface area contributed by atoms with E-state index < -0.39 is 5.82 Å². The third kappa shape index (κ3) is 7.80. The Hall–Kier alpha value is -3.42. The molecule has 0 atom stereocenters. The van der Waals surface area contributed by atoms with Crippen molar-refractivity contribution in [3.63, 3.8) is 0 Å². The van der Waals surface area contributed by atoms with E-state index in [-0.39, 0.29) is 35.9 Å². The molecule has 0 heterocycles. The van der Waals surface area contributed by atoms with Gasteiger partial charge in [-0.1, -0.05) is 49.7 Å². The summed E-state index contributed by atoms with van der Waals surface area (Å²) >= 11 is 6.44. The number of anilines is 1. The van der Waals surface area contributed by atoms with Gasteiger partial charge >= 0.3 is 0 Å². The molecule has 0 aliphatic carbocycles. The van der Waals surface area contributed by atoms with Gasteiger partial charge in [0.15, 0.2) is 6.61 Å². The Morgan fingerprint density at radius 2 is 1.80 bits per heavy atom. The number of carbonyl (C=O) groups excluding carboxylic acids is 2. The van der Waals surface area contributed by atoms with Gasteiger partial charge < -0.3 is 20.7 Å². The highest BCUT2D eigenvalue weighted by atomic mass is 35.5. The summed E-state index contributed by atoms with van der Waals surface area (Å²) in [5.41, 5.74) is 6.91. The molecule has 3 aromatic carbocycles. The van der Waals surface area contributed by atoms with Crippen molar-refractivity contribution in [2.45, 2.75) is 20.4 Å². The topological polar surface area (TPSA) is 84.7 Å². The fourth-order valence-electron chi connectivity index (χ4n) is 3.43. The van der Waals surface area contributed by atoms with Gasteiger partial charge in [0, 0.05) is 29.4 Å². The molecule has 0 saturated heterocycles. The molecule has 0 unspecified atom stereocenters. The van der Waals surface area contributed by atoms with E-state index in [4.69, 9.17) is 22.1 Å². The lowest BCUT2D eigenvalue weighted by Gasteiger charge is -2.32. The quantitative estimate of drug-likeness (QED) is 0.407. The number of hydrogen-bond acceptors (Lipinski definition) is 4. The van der Waals surface area contributed by atoms with Crippen molar-refractivity contribution < 1.29 is 18.7 Å². The Bertz CT molecular complexity index is 1170. The maximum Gasteiger partial charge on any atom is 0.262 e. The first kappa shape index (κ1) is 26.2. The van der Waals surface area contributed by atoms with Crippen molar-refractivity contribution in [1.29, 1.82) is 0 Å². The largest absolute Gasteiger partial charge is 0.484 e. The average Bonchev–Trinajstić information content (AvgIpc) is 2.84. The Labute approximate surface area is 209 Å². The maximum absolute atomic E-state index is 13.8. The summed E-state index contributed by atoms with van der Waals surface area (Å²) in [4.78, 5) is 27.2. The number of benzene rings is 3. The summed E-state index contributed by atoms with van der Waals surface area (Å²) in [6.45, 7) is 4.58. The number of rotatable bonds is 10. The number of carbonyl (C=O) groups is 2. The van der Waals surface area contributed by atoms with Crippen molar-refractivity contribution in [2.75, 3.05) is 25.0 Å². The summed E-state index contributed by atoms with van der Waals surface area (Å²) in [5, 5.41) is 3.22. The van der Waals surface area contributed by atoms with Gasteiger partial charge in [-0.3, -0.25) is 9.59 Å². The van der Waals surface area contributed by atoms with Crippen LogP contribution in [-0.2, 0) is 11.3 Å². The molecule has 0 aromatic heterocycles. The second-order valence-electron chi connectivity index (χ2n) is 9.00. The summed E-state index contributed by atoms with van der Waals surface area (Å²) < 4.78 is 19.3. The van der Waals surface area contributed by atoms with Crippen LogP contribution in [0.2, 0.25) is 5.02 Å². The van der Waals surface area contributed by atoms with Crippen LogP contribution in [0.3, 0.4) is 0 Å². The van der Waals surface area contributed by atoms with Crippen LogP contribution in [0, 0.1) is 11.2 Å². The summed E-state index contributed by atoms with van der Waals surface area (Å²) in [6.07, 6.45) is 0. The number of halogens is 2. The Balaban J connectivity index is 1.77. The van der Waals surface area contributed by atoms with E-state index >= 15 is 0 Å². The molecule has 0 radical (unpaired) electrons. The normalized spacial score (nSPS) is 11.1. The zero-order valence-electron chi connectivity index (χ0n) is 19.8. The lowest BCUT2D eigenvalue weighted by Crippen LogP contribution is -2.41. The van der Waals surface area contributed by atoms with Gasteiger partial charge in [-0.05, 0) is 66.1 Å². The highest BCUT2D eigenvalue weighted by Gasteiger charge is 2.26. The molecule has 0 spiro atoms. The third-order valence-corrected chi connectivity index (χ3v) is 5.70. The molecule has 2 amide bonds. The lowest BCUT2D eigenvalue weighted by molar-refractivity contribution is -0.118. The number of para-hydroxylation sites is 1. The molecule has 3 N–H and O–H groups in total. The van der Waals surface area contributed by atoms with Crippen LogP contribution in [0.4, 0.5) is 10.1 Å². The predicted octanol–water partition coefficient (Wildman–Crippen LogP) is 5.12. The fourth-order valence-corrected chi connectivity index (χ4v) is 3.60. The minimum absolute atomic E-state index is 0.155. The first-order valence-corrected chi connectivity index (χ1v) is 11.6. The van der Waals surface area contributed by atoms with Crippen molar-refractivity contribution >= 4 is 29.1 Å². The van der Waals surface area contributed by atoms with E-state index in [9.17, 15) is 14.0 Å². The Morgan fingerprint density at radius 3 is 2.49 bits per heavy atom. The van der Waals surface area contributed by atoms with Crippen LogP contribution < -0.4 is 15.8 Å². The molecule has 6 nitrogen and oxygen atoms in total. The van der Waals surface area contributed by atoms with Gasteiger partial charge in [0.05, 0.1) is 0 Å². The predicted molar refractivity (Wildman–Crippen MR) is 136 cm³/mol. The minimum Gasteiger partial charge on any atom is -0.484 e. The minimum atomic E-state index is -0.491. The molecular weight excluding hydrogens is 469 g/mol. The Morgan fingerprint density at radius 1 is 1.06 bits per heavy atom. The first-order chi connectivity index (χ1) is 16.7. The molecule has 3 rings (SSSR count). The van der Waals surface area contributed by atoms with Crippen molar-refractivity contribution in [1.82, 2.24) is 4.90 Å². The zero-order chi connectivity index (χ0) is 25.4. The molecular formula is C27H29ClFN3O3. The number of hydrogen-bond donors (Lipinski definition) is 2. The van der Waals surface area contributed by atoms with E-state index in [2.05, 4.69) is 5.32 Å². The van der Waals surface area contributed by atoms with E-state index in [1.807, 2.05) is 32.0 Å². The third-order valence-electron chi connectivity index (χ3n) is 5.33. The molecule has 35 heavy (non-hydrogen) atoms. The van der Waals surface area contributed by atoms with Crippen LogP contribution in [0.25, 0.3) is 0 Å². The van der Waals surface area contributed by atoms with Crippen LogP contribution in [-0.4, -0.2) is 36.4 Å². The molecule has 184 valence electrons. The van der Waals surface area contributed by atoms with Gasteiger partial charge in [0.1, 0.15) is 11.6 Å². The van der Waals surface area contributed by atoms with Crippen LogP contribution >= 0.6 is 11.6 Å². The number of ether oxygens (including phenoxy) is 1. The molecule has 0 aliphatic rings. The van der Waals surface area contributed by atoms with Gasteiger partial charge in [-0.15, -0.1) is 0 Å². The number of nitrogens with one attached hydrogen (secondary N) is 1. The smallest absolute Gasteiger partial charge is 0.262 e. The second kappa shape index (κ2) is 11.8. The van der Waals surface area contributed by atoms with Gasteiger partial charge in [0.2, 0.25) is 0 Å². The number of amides is 2. The molecule has 0 aliphatic heterocycles. The highest BCUT2D eigenvalue weighted by Crippen LogP contribution is 2.25. The maximum atomic E-state index is 13.8. The zero-order valence-corrected chi connectivity index (χ0v) is 20.5. The molecule has 3 aromatic rings. The summed E-state index contributed by atoms with van der Waals surface area (Å²) in [7, 11) is 0. The average molecular weight is 498 g/mol. The van der Waals surface area contributed by atoms with Crippen molar-refractivity contribution in [2.24, 2.45) is 11.1 Å². The van der Waals surface area contributed by atoms with Gasteiger partial charge in [-0.2, -0.15) is 0 Å². The van der Waals surface area contributed by atoms with Gasteiger partial charge in [0.25, 0.3) is 11.8 Å². The summed E-state index contributed by atoms with van der Waals surface area (Å²) in [6, 6.07) is 19.6. The van der Waals surface area contributed by atoms with Gasteiger partial charge in [-0.25, -0.2) is 4.39 Å². The fraction of sp³-hybridized carbons (Fsp3) is 0.259. The highest BCUT2D eigenvalue weighted by molar-refractivity contribution is 6.31. The van der Waals surface area contributed by atoms with Crippen LogP contribution in [0.15, 0.2) is 72.8 Å². The van der Waals surface area contributed by atoms with Crippen LogP contribution in [0.5, 0.6) is 5.75 Å². The van der Waals surface area contributed by atoms with E-state index in [0.717, 1.165) is 0 Å². The summed E-state index contributed by atoms with van der Waals surface area (Å²) in [5.74, 6) is -0.574. The van der Waals surface area contributed by atoms with E-state index in [0.29, 0.717) is 35.1 Å². The number of nitrogens with two attached hydrogens (primary N) is 1. The van der Waals surface area contributed by atoms with E-state index in [1.54, 1.807) is 41.3 Å². The van der Waals surface area contributed by atoms with E-state index in [1.165, 1.54) is 18.2 Å². The molecule has 0 bridgehead atoms. The standard InChI is InChI=1S/C27H29ClFN3O3/c1-27(2,17-30)18-32(26(34)19-7-6-8-21(29)13-19)15-20-14-22(11-12-24(20)28)31-25(33)16-35-23-9-4-3-5-10-23/h3-14H,15-18,30H2,1-2H3,(H,31,33). The SMILES string of the molecule is CC(C)(CN)CN(Cc1cc(NC(=O)COc2ccccc2)ccc1Cl)C(=O)c1cccc(F)c1. The molecule has 0 saturated carbocycles. The number of nitrogens with zero attached hydrogens (tertiary/aromatic N) is 1.